The number of hydrogen-bond acceptors (Lipinski definition) is 7. The fourth-order valence-electron chi connectivity index (χ4n) is 3.03. The Morgan fingerprint density at radius 2 is 1.97 bits per heavy atom. The lowest BCUT2D eigenvalue weighted by molar-refractivity contribution is -0.192. The van der Waals surface area contributed by atoms with Crippen LogP contribution >= 0.6 is 23.4 Å². The highest BCUT2D eigenvalue weighted by molar-refractivity contribution is 8.18. The van der Waals surface area contributed by atoms with Crippen molar-refractivity contribution in [3.05, 3.63) is 75.8 Å². The molecule has 0 saturated carbocycles. The molecule has 2 heterocycles. The van der Waals surface area contributed by atoms with E-state index in [1.54, 1.807) is 37.6 Å². The number of rotatable bonds is 6. The number of nitrogens with one attached hydrogen (secondary N) is 2. The molecule has 1 aliphatic rings. The fraction of sp³-hybridized carbons (Fsp3) is 0.160. The maximum absolute atomic E-state index is 12.4. The number of amides is 2. The van der Waals surface area contributed by atoms with Gasteiger partial charge in [0, 0.05) is 30.8 Å². The maximum Gasteiger partial charge on any atom is 0.490 e. The molecular weight excluding hydrogens is 561 g/mol. The van der Waals surface area contributed by atoms with Crippen molar-refractivity contribution in [3.8, 4) is 0 Å². The molecule has 2 aromatic carbocycles. The van der Waals surface area contributed by atoms with Crippen LogP contribution in [0.4, 0.5) is 18.9 Å². The second-order valence-corrected chi connectivity index (χ2v) is 9.09. The highest BCUT2D eigenvalue weighted by Gasteiger charge is 2.38. The van der Waals surface area contributed by atoms with Crippen LogP contribution in [0.25, 0.3) is 17.0 Å². The minimum absolute atomic E-state index is 0.246. The van der Waals surface area contributed by atoms with Gasteiger partial charge in [0.05, 0.1) is 27.7 Å². The van der Waals surface area contributed by atoms with Crippen molar-refractivity contribution in [3.63, 3.8) is 0 Å². The van der Waals surface area contributed by atoms with Crippen LogP contribution in [0.1, 0.15) is 15.9 Å². The van der Waals surface area contributed by atoms with Crippen molar-refractivity contribution in [2.24, 2.45) is 4.99 Å². The van der Waals surface area contributed by atoms with Gasteiger partial charge in [-0.05, 0) is 59.8 Å². The van der Waals surface area contributed by atoms with E-state index in [1.807, 2.05) is 30.3 Å². The number of pyridine rings is 1. The van der Waals surface area contributed by atoms with E-state index in [2.05, 4.69) is 20.6 Å². The average Bonchev–Trinajstić information content (AvgIpc) is 3.23. The number of carboxylic acids is 1. The molecule has 1 fully saturated rings. The number of hydrogen-bond donors (Lipinski definition) is 3. The summed E-state index contributed by atoms with van der Waals surface area (Å²) in [6.45, 7) is 0.812. The number of nitrogens with zero attached hydrogens (tertiary/aromatic N) is 2. The SMILES string of the molecule is COCCNC(=O)c1ccc(Cl)c(N=C2NC(=O)C(=Cc3ccc4ncccc4c3)S2)c1.O=C(O)C(F)(F)F. The highest BCUT2D eigenvalue weighted by atomic mass is 35.5. The number of aromatic nitrogens is 1. The van der Waals surface area contributed by atoms with Crippen molar-refractivity contribution in [1.82, 2.24) is 15.6 Å². The predicted molar refractivity (Wildman–Crippen MR) is 142 cm³/mol. The summed E-state index contributed by atoms with van der Waals surface area (Å²) in [6.07, 6.45) is -1.54. The van der Waals surface area contributed by atoms with Gasteiger partial charge in [-0.3, -0.25) is 14.6 Å². The molecule has 14 heteroatoms. The van der Waals surface area contributed by atoms with Crippen molar-refractivity contribution in [1.29, 1.82) is 0 Å². The number of fused-ring (bicyclic) bond motifs is 1. The van der Waals surface area contributed by atoms with Crippen LogP contribution < -0.4 is 10.6 Å². The number of thioether (sulfide) groups is 1. The third-order valence-electron chi connectivity index (χ3n) is 4.84. The number of halogens is 4. The molecule has 0 unspecified atom stereocenters. The number of benzene rings is 2. The van der Waals surface area contributed by atoms with Crippen LogP contribution in [-0.2, 0) is 14.3 Å². The number of alkyl halides is 3. The first-order valence-electron chi connectivity index (χ1n) is 11.0. The Balaban J connectivity index is 0.000000532. The van der Waals surface area contributed by atoms with E-state index in [4.69, 9.17) is 26.2 Å². The summed E-state index contributed by atoms with van der Waals surface area (Å²) in [5, 5.41) is 14.4. The third kappa shape index (κ3) is 8.53. The Hall–Kier alpha value is -3.94. The van der Waals surface area contributed by atoms with Crippen LogP contribution in [-0.4, -0.2) is 59.5 Å². The number of carbonyl (C=O) groups is 3. The standard InChI is InChI=1S/C23H19ClN4O3S.C2HF3O2/c1-31-10-9-26-21(29)16-5-6-17(24)19(13-16)27-23-28-22(30)20(32-23)12-14-4-7-18-15(11-14)3-2-8-25-18;3-2(4,5)1(6)7/h2-8,11-13H,9-10H2,1H3,(H,26,29)(H,27,28,30);(H,6,7). The van der Waals surface area contributed by atoms with E-state index in [0.29, 0.717) is 39.5 Å². The Morgan fingerprint density at radius 3 is 2.67 bits per heavy atom. The second-order valence-electron chi connectivity index (χ2n) is 7.66. The number of aliphatic carboxylic acids is 1. The number of ether oxygens (including phenoxy) is 1. The number of carbonyl (C=O) groups excluding carboxylic acids is 2. The van der Waals surface area contributed by atoms with E-state index >= 15 is 0 Å². The molecule has 1 aliphatic heterocycles. The van der Waals surface area contributed by atoms with E-state index in [0.717, 1.165) is 16.5 Å². The highest BCUT2D eigenvalue weighted by Crippen LogP contribution is 2.32. The zero-order valence-electron chi connectivity index (χ0n) is 20.1. The minimum atomic E-state index is -5.08. The van der Waals surface area contributed by atoms with Gasteiger partial charge in [0.15, 0.2) is 5.17 Å². The summed E-state index contributed by atoms with van der Waals surface area (Å²) in [5.41, 5.74) is 2.59. The lowest BCUT2D eigenvalue weighted by atomic mass is 10.1. The Bertz CT molecular complexity index is 1460. The van der Waals surface area contributed by atoms with Gasteiger partial charge in [-0.2, -0.15) is 13.2 Å². The zero-order chi connectivity index (χ0) is 28.6. The molecule has 39 heavy (non-hydrogen) atoms. The van der Waals surface area contributed by atoms with Gasteiger partial charge in [0.25, 0.3) is 11.8 Å². The quantitative estimate of drug-likeness (QED) is 0.282. The molecular formula is C25H20ClF3N4O5S. The first-order chi connectivity index (χ1) is 18.5. The number of methoxy groups -OCH3 is 1. The Kier molecular flexibility index (Phi) is 10.0. The number of amidine groups is 1. The number of carboxylic acid groups (broad SMARTS) is 1. The fourth-order valence-corrected chi connectivity index (χ4v) is 4.03. The average molecular weight is 581 g/mol. The van der Waals surface area contributed by atoms with Crippen LogP contribution in [0, 0.1) is 0 Å². The van der Waals surface area contributed by atoms with E-state index in [9.17, 15) is 22.8 Å². The van der Waals surface area contributed by atoms with Gasteiger partial charge in [0.1, 0.15) is 0 Å². The predicted octanol–water partition coefficient (Wildman–Crippen LogP) is 4.79. The van der Waals surface area contributed by atoms with Crippen molar-refractivity contribution in [2.45, 2.75) is 6.18 Å². The van der Waals surface area contributed by atoms with Crippen LogP contribution in [0.3, 0.4) is 0 Å². The summed E-state index contributed by atoms with van der Waals surface area (Å²) in [6, 6.07) is 14.5. The van der Waals surface area contributed by atoms with E-state index in [1.165, 1.54) is 11.8 Å². The normalized spacial score (nSPS) is 15.2. The molecule has 204 valence electrons. The molecule has 4 rings (SSSR count). The van der Waals surface area contributed by atoms with Crippen molar-refractivity contribution < 1.29 is 37.4 Å². The molecule has 0 atom stereocenters. The van der Waals surface area contributed by atoms with Crippen LogP contribution in [0.5, 0.6) is 0 Å². The Morgan fingerprint density at radius 1 is 1.23 bits per heavy atom. The minimum Gasteiger partial charge on any atom is -0.475 e. The monoisotopic (exact) mass is 580 g/mol. The molecule has 1 aromatic heterocycles. The molecule has 0 bridgehead atoms. The second kappa shape index (κ2) is 13.2. The molecule has 9 nitrogen and oxygen atoms in total. The van der Waals surface area contributed by atoms with Gasteiger partial charge in [0.2, 0.25) is 0 Å². The van der Waals surface area contributed by atoms with Crippen LogP contribution in [0.2, 0.25) is 5.02 Å². The third-order valence-corrected chi connectivity index (χ3v) is 6.07. The topological polar surface area (TPSA) is 130 Å². The maximum atomic E-state index is 12.4. The van der Waals surface area contributed by atoms with E-state index in [-0.39, 0.29) is 11.8 Å². The molecule has 3 aromatic rings. The summed E-state index contributed by atoms with van der Waals surface area (Å²) < 4.78 is 36.7. The molecule has 3 N–H and O–H groups in total. The lowest BCUT2D eigenvalue weighted by Crippen LogP contribution is -2.26. The van der Waals surface area contributed by atoms with Crippen molar-refractivity contribution >= 4 is 69.0 Å². The van der Waals surface area contributed by atoms with Crippen molar-refractivity contribution in [2.75, 3.05) is 20.3 Å². The van der Waals surface area contributed by atoms with Gasteiger partial charge < -0.3 is 20.5 Å². The van der Waals surface area contributed by atoms with Gasteiger partial charge >= 0.3 is 12.1 Å². The summed E-state index contributed by atoms with van der Waals surface area (Å²) in [4.78, 5) is 42.9. The zero-order valence-corrected chi connectivity index (χ0v) is 21.7. The summed E-state index contributed by atoms with van der Waals surface area (Å²) in [5.74, 6) is -3.26. The molecule has 1 saturated heterocycles. The molecule has 0 radical (unpaired) electrons. The van der Waals surface area contributed by atoms with Gasteiger partial charge in [-0.25, -0.2) is 9.79 Å². The summed E-state index contributed by atoms with van der Waals surface area (Å²) >= 11 is 7.48. The Labute approximate surface area is 229 Å². The smallest absolute Gasteiger partial charge is 0.475 e. The molecule has 0 aliphatic carbocycles. The molecule has 0 spiro atoms. The lowest BCUT2D eigenvalue weighted by Gasteiger charge is -2.06. The van der Waals surface area contributed by atoms with Crippen LogP contribution in [0.15, 0.2) is 64.6 Å². The molecule has 2 amide bonds. The first-order valence-corrected chi connectivity index (χ1v) is 12.2. The largest absolute Gasteiger partial charge is 0.490 e. The summed E-state index contributed by atoms with van der Waals surface area (Å²) in [7, 11) is 1.57. The van der Waals surface area contributed by atoms with Gasteiger partial charge in [-0.1, -0.05) is 23.7 Å². The van der Waals surface area contributed by atoms with E-state index < -0.39 is 12.1 Å². The van der Waals surface area contributed by atoms with Gasteiger partial charge in [-0.15, -0.1) is 0 Å². The number of aliphatic imine (C=N–C) groups is 1. The first kappa shape index (κ1) is 29.6.